The molecule has 1 nitrogen and oxygen atoms in total. The van der Waals surface area contributed by atoms with Gasteiger partial charge in [-0.3, -0.25) is 0 Å². The Labute approximate surface area is 113 Å². The van der Waals surface area contributed by atoms with Crippen molar-refractivity contribution >= 4 is 38.1 Å². The van der Waals surface area contributed by atoms with Crippen molar-refractivity contribution in [1.29, 1.82) is 0 Å². The average Bonchev–Trinajstić information content (AvgIpc) is 2.72. The lowest BCUT2D eigenvalue weighted by Crippen LogP contribution is -3.00. The number of thioether (sulfide) groups is 1. The van der Waals surface area contributed by atoms with Crippen LogP contribution in [-0.4, -0.2) is 6.26 Å². The van der Waals surface area contributed by atoms with Gasteiger partial charge in [-0.15, -0.1) is 0 Å². The van der Waals surface area contributed by atoms with Crippen LogP contribution in [0, 0.1) is 0 Å². The van der Waals surface area contributed by atoms with Crippen LogP contribution in [0.25, 0.3) is 11.1 Å². The molecule has 5 heteroatoms. The Balaban J connectivity index is 0.000000963. The zero-order valence-electron chi connectivity index (χ0n) is 8.62. The third kappa shape index (κ3) is 1.84. The first-order valence-corrected chi connectivity index (χ1v) is 8.10. The maximum absolute atomic E-state index is 3.46. The number of benzene rings is 1. The van der Waals surface area contributed by atoms with E-state index in [1.54, 1.807) is 0 Å². The van der Waals surface area contributed by atoms with E-state index in [9.17, 15) is 0 Å². The third-order valence-electron chi connectivity index (χ3n) is 2.52. The van der Waals surface area contributed by atoms with Gasteiger partial charge in [0.25, 0.3) is 4.21 Å². The van der Waals surface area contributed by atoms with Gasteiger partial charge in [0.15, 0.2) is 10.3 Å². The summed E-state index contributed by atoms with van der Waals surface area (Å²) in [5.74, 6) is 0. The molecular weight excluding hydrogens is 278 g/mol. The molecule has 0 unspecified atom stereocenters. The van der Waals surface area contributed by atoms with Crippen LogP contribution < -0.4 is 17.7 Å². The van der Waals surface area contributed by atoms with Crippen LogP contribution in [0.3, 0.4) is 0 Å². The highest BCUT2D eigenvalue weighted by Gasteiger charge is 2.28. The molecule has 1 aliphatic heterocycles. The highest BCUT2D eigenvalue weighted by molar-refractivity contribution is 8.02. The van der Waals surface area contributed by atoms with Gasteiger partial charge in [-0.05, 0) is 12.3 Å². The number of hydrogen-bond donors (Lipinski definition) is 1. The number of rotatable bonds is 1. The van der Waals surface area contributed by atoms with Crippen molar-refractivity contribution in [3.8, 4) is 11.1 Å². The van der Waals surface area contributed by atoms with Gasteiger partial charge in [0.05, 0.1) is 17.0 Å². The summed E-state index contributed by atoms with van der Waals surface area (Å²) in [5, 5.41) is 3.46. The number of anilines is 1. The summed E-state index contributed by atoms with van der Waals surface area (Å²) in [7, 11) is 3.79. The van der Waals surface area contributed by atoms with Gasteiger partial charge in [-0.2, -0.15) is 0 Å². The van der Waals surface area contributed by atoms with Crippen LogP contribution in [-0.2, 0) is 6.54 Å². The van der Waals surface area contributed by atoms with Crippen molar-refractivity contribution in [3.63, 3.8) is 0 Å². The number of nitrogens with one attached hydrogen (secondary N) is 1. The summed E-state index contributed by atoms with van der Waals surface area (Å²) in [6, 6.07) is 8.57. The van der Waals surface area contributed by atoms with Crippen LogP contribution >= 0.6 is 32.4 Å². The summed E-state index contributed by atoms with van der Waals surface area (Å²) >= 11 is 1.85. The summed E-state index contributed by atoms with van der Waals surface area (Å²) in [5.41, 5.74) is 4.10. The molecule has 3 rings (SSSR count). The van der Waals surface area contributed by atoms with E-state index < -0.39 is 0 Å². The summed E-state index contributed by atoms with van der Waals surface area (Å²) in [6.45, 7) is 0.980. The van der Waals surface area contributed by atoms with Crippen molar-refractivity contribution in [2.75, 3.05) is 11.6 Å². The van der Waals surface area contributed by atoms with Crippen LogP contribution in [0.4, 0.5) is 5.69 Å². The quantitative estimate of drug-likeness (QED) is 0.484. The van der Waals surface area contributed by atoms with E-state index >= 15 is 0 Å². The lowest BCUT2D eigenvalue weighted by atomic mass is 10.0. The Hall–Kier alpha value is -0.290. The van der Waals surface area contributed by atoms with Gasteiger partial charge >= 0.3 is 10.3 Å². The highest BCUT2D eigenvalue weighted by atomic mass is 35.5. The minimum atomic E-state index is 0. The molecule has 2 aromatic rings. The molecule has 0 amide bonds. The van der Waals surface area contributed by atoms with Crippen LogP contribution in [0.5, 0.6) is 0 Å². The molecule has 0 atom stereocenters. The molecule has 0 spiro atoms. The van der Waals surface area contributed by atoms with E-state index in [4.69, 9.17) is 0 Å². The van der Waals surface area contributed by atoms with E-state index in [0.29, 0.717) is 0 Å². The van der Waals surface area contributed by atoms with Gasteiger partial charge in [-0.1, -0.05) is 30.0 Å². The fraction of sp³-hybridized carbons (Fsp3) is 0.182. The SMILES string of the molecule is CSc1[s+]sc2c1-c1ccccc1NC2.[Cl-]. The minimum absolute atomic E-state index is 0. The van der Waals surface area contributed by atoms with Crippen LogP contribution in [0.1, 0.15) is 4.88 Å². The monoisotopic (exact) mass is 287 g/mol. The van der Waals surface area contributed by atoms with Gasteiger partial charge in [0.2, 0.25) is 0 Å². The van der Waals surface area contributed by atoms with E-state index in [0.717, 1.165) is 6.54 Å². The van der Waals surface area contributed by atoms with E-state index in [1.807, 2.05) is 32.4 Å². The molecule has 1 aromatic heterocycles. The van der Waals surface area contributed by atoms with Gasteiger partial charge in [0, 0.05) is 11.3 Å². The molecule has 0 aliphatic carbocycles. The Bertz CT molecular complexity index is 496. The molecule has 0 radical (unpaired) electrons. The number of hydrogen-bond acceptors (Lipinski definition) is 3. The summed E-state index contributed by atoms with van der Waals surface area (Å²) < 4.78 is 1.45. The molecule has 2 heterocycles. The first-order valence-electron chi connectivity index (χ1n) is 4.72. The molecular formula is C11H10ClNS3. The number of fused-ring (bicyclic) bond motifs is 3. The second-order valence-corrected chi connectivity index (χ2v) is 6.66. The number of halogens is 1. The van der Waals surface area contributed by atoms with Gasteiger partial charge in [0.1, 0.15) is 0 Å². The summed E-state index contributed by atoms with van der Waals surface area (Å²) in [6.07, 6.45) is 2.16. The molecule has 16 heavy (non-hydrogen) atoms. The Morgan fingerprint density at radius 3 is 3.00 bits per heavy atom. The third-order valence-corrected chi connectivity index (χ3v) is 6.51. The second kappa shape index (κ2) is 4.92. The molecule has 0 fully saturated rings. The highest BCUT2D eigenvalue weighted by Crippen LogP contribution is 2.46. The molecule has 0 saturated carbocycles. The molecule has 0 saturated heterocycles. The smallest absolute Gasteiger partial charge is 0.308 e. The predicted octanol–water partition coefficient (Wildman–Crippen LogP) is 1.41. The molecule has 1 aromatic carbocycles. The van der Waals surface area contributed by atoms with Crippen molar-refractivity contribution in [3.05, 3.63) is 29.1 Å². The van der Waals surface area contributed by atoms with Crippen LogP contribution in [0.2, 0.25) is 0 Å². The van der Waals surface area contributed by atoms with E-state index in [1.165, 1.54) is 25.9 Å². The molecule has 1 aliphatic rings. The molecule has 0 bridgehead atoms. The van der Waals surface area contributed by atoms with E-state index in [2.05, 4.69) is 35.8 Å². The first kappa shape index (κ1) is 12.2. The molecule has 84 valence electrons. The lowest BCUT2D eigenvalue weighted by Gasteiger charge is -2.16. The Morgan fingerprint density at radius 2 is 2.19 bits per heavy atom. The van der Waals surface area contributed by atoms with Crippen molar-refractivity contribution in [1.82, 2.24) is 0 Å². The topological polar surface area (TPSA) is 12.0 Å². The zero-order chi connectivity index (χ0) is 10.3. The van der Waals surface area contributed by atoms with Crippen LogP contribution in [0.15, 0.2) is 28.5 Å². The maximum atomic E-state index is 3.46. The predicted molar refractivity (Wildman–Crippen MR) is 71.1 cm³/mol. The second-order valence-electron chi connectivity index (χ2n) is 3.36. The Kier molecular flexibility index (Phi) is 3.74. The number of para-hydroxylation sites is 1. The van der Waals surface area contributed by atoms with Gasteiger partial charge < -0.3 is 17.7 Å². The van der Waals surface area contributed by atoms with E-state index in [-0.39, 0.29) is 12.4 Å². The minimum Gasteiger partial charge on any atom is -1.00 e. The largest absolute Gasteiger partial charge is 1.00 e. The normalized spacial score (nSPS) is 12.1. The van der Waals surface area contributed by atoms with Crippen molar-refractivity contribution in [2.45, 2.75) is 10.8 Å². The first-order chi connectivity index (χ1) is 7.40. The van der Waals surface area contributed by atoms with Crippen molar-refractivity contribution in [2.24, 2.45) is 0 Å². The molecule has 1 N–H and O–H groups in total. The average molecular weight is 288 g/mol. The fourth-order valence-corrected chi connectivity index (χ4v) is 5.71. The lowest BCUT2D eigenvalue weighted by molar-refractivity contribution is -0.00000274. The summed E-state index contributed by atoms with van der Waals surface area (Å²) in [4.78, 5) is 1.48. The van der Waals surface area contributed by atoms with Crippen molar-refractivity contribution < 1.29 is 12.4 Å². The zero-order valence-corrected chi connectivity index (χ0v) is 11.8. The maximum Gasteiger partial charge on any atom is 0.308 e. The fourth-order valence-electron chi connectivity index (χ4n) is 1.83. The standard InChI is InChI=1S/C11H10NS3.ClH/c1-13-11-10-7-4-2-3-5-8(7)12-6-9(10)14-15-11;/h2-5,12H,6H2,1H3;1H/q+1;/p-1. The van der Waals surface area contributed by atoms with Gasteiger partial charge in [-0.25, -0.2) is 0 Å². The Morgan fingerprint density at radius 1 is 1.38 bits per heavy atom.